The highest BCUT2D eigenvalue weighted by molar-refractivity contribution is 8.76. The van der Waals surface area contributed by atoms with Crippen molar-refractivity contribution in [3.63, 3.8) is 0 Å². The summed E-state index contributed by atoms with van der Waals surface area (Å²) >= 11 is 0. The molecular formula is C50H65N8O4S2+. The molecule has 4 N–H and O–H groups in total. The number of aliphatic hydroxyl groups excluding tert-OH is 4. The fourth-order valence-corrected chi connectivity index (χ4v) is 10.1. The van der Waals surface area contributed by atoms with E-state index >= 15 is 0 Å². The van der Waals surface area contributed by atoms with Gasteiger partial charge in [0.1, 0.15) is 12.2 Å². The molecule has 2 heterocycles. The molecule has 1 aliphatic rings. The Hall–Kier alpha value is -4.83. The van der Waals surface area contributed by atoms with E-state index in [2.05, 4.69) is 84.7 Å². The number of anilines is 3. The fourth-order valence-electron chi connectivity index (χ4n) is 7.79. The standard InChI is InChI=1S/C50H65N8O4S2/c1-37(59)33-57(34-38(2)60)43-21-17-41(18-22-43)51-53-47-25-29-55(49-15-7-5-13-45(47)49)27-9-11-31-63-64-32-12-10-28-56-30-26-48(46-14-6-8-16-50(46)56)54-52-42-19-23-44(24-20-42)58(35-39(3)61)36-40(4)62/h5-8,13-26,29,37-40,59-62H,9-12,27-28,30-36H2,1-4H3/q+1. The Morgan fingerprint density at radius 3 is 1.72 bits per heavy atom. The minimum atomic E-state index is -0.508. The summed E-state index contributed by atoms with van der Waals surface area (Å²) in [7, 11) is 3.96. The Kier molecular flexibility index (Phi) is 19.0. The number of unbranched alkanes of at least 4 members (excludes halogenated alkanes) is 2. The lowest BCUT2D eigenvalue weighted by Gasteiger charge is -2.29. The average Bonchev–Trinajstić information content (AvgIpc) is 3.28. The number of aromatic nitrogens is 1. The van der Waals surface area contributed by atoms with Gasteiger partial charge in [-0.15, -0.1) is 5.11 Å². The summed E-state index contributed by atoms with van der Waals surface area (Å²) in [5, 5.41) is 59.2. The molecular weight excluding hydrogens is 841 g/mol. The highest BCUT2D eigenvalue weighted by Crippen LogP contribution is 2.34. The van der Waals surface area contributed by atoms with E-state index < -0.39 is 24.4 Å². The lowest BCUT2D eigenvalue weighted by atomic mass is 10.0. The minimum Gasteiger partial charge on any atom is -0.392 e. The molecule has 0 aliphatic carbocycles. The van der Waals surface area contributed by atoms with Crippen molar-refractivity contribution in [2.45, 2.75) is 84.3 Å². The first kappa shape index (κ1) is 48.6. The summed E-state index contributed by atoms with van der Waals surface area (Å²) in [5.74, 6) is 2.26. The number of benzene rings is 4. The Morgan fingerprint density at radius 2 is 1.12 bits per heavy atom. The Labute approximate surface area is 386 Å². The largest absolute Gasteiger partial charge is 0.392 e. The molecule has 0 spiro atoms. The van der Waals surface area contributed by atoms with Crippen LogP contribution in [0.4, 0.5) is 34.1 Å². The molecule has 1 aromatic heterocycles. The predicted octanol–water partition coefficient (Wildman–Crippen LogP) is 10.3. The molecule has 4 atom stereocenters. The Bertz CT molecular complexity index is 2270. The molecule has 0 saturated carbocycles. The lowest BCUT2D eigenvalue weighted by molar-refractivity contribution is -0.671. The average molecular weight is 906 g/mol. The van der Waals surface area contributed by atoms with Crippen molar-refractivity contribution in [1.82, 2.24) is 0 Å². The first-order chi connectivity index (χ1) is 31.0. The second-order valence-electron chi connectivity index (χ2n) is 16.7. The Balaban J connectivity index is 0.902. The smallest absolute Gasteiger partial charge is 0.214 e. The zero-order chi connectivity index (χ0) is 45.3. The van der Waals surface area contributed by atoms with Gasteiger partial charge in [-0.25, -0.2) is 0 Å². The lowest BCUT2D eigenvalue weighted by Crippen LogP contribution is -2.36. The summed E-state index contributed by atoms with van der Waals surface area (Å²) in [6, 6.07) is 34.3. The molecule has 4 aromatic carbocycles. The van der Waals surface area contributed by atoms with Crippen molar-refractivity contribution in [2.24, 2.45) is 20.5 Å². The summed E-state index contributed by atoms with van der Waals surface area (Å²) in [6.07, 6.45) is 6.79. The SMILES string of the molecule is CC(O)CN(CC(C)O)c1ccc(N=NC2=CCN(CCCCSSCCCC[n+]3ccc(N=Nc4ccc(N(CC(C)O)CC(C)O)cc4)c4ccccc43)c3ccccc32)cc1. The third-order valence-corrected chi connectivity index (χ3v) is 13.3. The number of hydrogen-bond acceptors (Lipinski definition) is 13. The topological polar surface area (TPSA) is 144 Å². The van der Waals surface area contributed by atoms with Gasteiger partial charge in [0.25, 0.3) is 0 Å². The monoisotopic (exact) mass is 905 g/mol. The number of aliphatic hydroxyl groups is 4. The van der Waals surface area contributed by atoms with E-state index in [1.165, 1.54) is 5.69 Å². The van der Waals surface area contributed by atoms with Crippen LogP contribution in [0.25, 0.3) is 16.6 Å². The van der Waals surface area contributed by atoms with Crippen molar-refractivity contribution in [3.05, 3.63) is 121 Å². The fraction of sp³-hybridized carbons (Fsp3) is 0.420. The van der Waals surface area contributed by atoms with Gasteiger partial charge in [-0.05, 0) is 114 Å². The molecule has 4 unspecified atom stereocenters. The first-order valence-electron chi connectivity index (χ1n) is 22.5. The number of fused-ring (bicyclic) bond motifs is 2. The molecule has 0 saturated heterocycles. The quantitative estimate of drug-likeness (QED) is 0.0195. The summed E-state index contributed by atoms with van der Waals surface area (Å²) in [5.41, 5.74) is 8.47. The second-order valence-corrected chi connectivity index (χ2v) is 19.4. The maximum absolute atomic E-state index is 9.93. The molecule has 0 fully saturated rings. The minimum absolute atomic E-state index is 0.438. The molecule has 5 aromatic rings. The van der Waals surface area contributed by atoms with Crippen molar-refractivity contribution >= 4 is 72.3 Å². The van der Waals surface area contributed by atoms with Gasteiger partial charge in [-0.1, -0.05) is 51.9 Å². The summed E-state index contributed by atoms with van der Waals surface area (Å²) in [4.78, 5) is 6.39. The van der Waals surface area contributed by atoms with Gasteiger partial charge in [0.15, 0.2) is 6.20 Å². The van der Waals surface area contributed by atoms with Crippen LogP contribution in [0.3, 0.4) is 0 Å². The maximum Gasteiger partial charge on any atom is 0.214 e. The Morgan fingerprint density at radius 1 is 0.594 bits per heavy atom. The van der Waals surface area contributed by atoms with Crippen molar-refractivity contribution < 1.29 is 25.0 Å². The van der Waals surface area contributed by atoms with Crippen LogP contribution in [0.5, 0.6) is 0 Å². The molecule has 1 aliphatic heterocycles. The molecule has 14 heteroatoms. The highest BCUT2D eigenvalue weighted by atomic mass is 33.1. The van der Waals surface area contributed by atoms with Crippen molar-refractivity contribution in [2.75, 3.05) is 65.5 Å². The third-order valence-electron chi connectivity index (χ3n) is 10.7. The molecule has 0 amide bonds. The van der Waals surface area contributed by atoms with Gasteiger partial charge in [-0.3, -0.25) is 0 Å². The zero-order valence-electron chi connectivity index (χ0n) is 37.7. The van der Waals surface area contributed by atoms with Crippen LogP contribution < -0.4 is 19.3 Å². The van der Waals surface area contributed by atoms with E-state index in [1.54, 1.807) is 27.7 Å². The van der Waals surface area contributed by atoms with Crippen LogP contribution in [0, 0.1) is 0 Å². The van der Waals surface area contributed by atoms with Crippen molar-refractivity contribution in [3.8, 4) is 0 Å². The summed E-state index contributed by atoms with van der Waals surface area (Å²) in [6.45, 7) is 11.5. The molecule has 6 rings (SSSR count). The molecule has 0 radical (unpaired) electrons. The van der Waals surface area contributed by atoms with Gasteiger partial charge in [-0.2, -0.15) is 19.9 Å². The van der Waals surface area contributed by atoms with Gasteiger partial charge >= 0.3 is 0 Å². The molecule has 0 bridgehead atoms. The van der Waals surface area contributed by atoms with Gasteiger partial charge in [0, 0.05) is 92.0 Å². The second kappa shape index (κ2) is 25.0. The number of hydrogen-bond donors (Lipinski definition) is 4. The van der Waals surface area contributed by atoms with Crippen LogP contribution in [-0.4, -0.2) is 95.6 Å². The van der Waals surface area contributed by atoms with Crippen molar-refractivity contribution in [1.29, 1.82) is 0 Å². The molecule has 64 heavy (non-hydrogen) atoms. The van der Waals surface area contributed by atoms with Crippen LogP contribution in [0.15, 0.2) is 136 Å². The van der Waals surface area contributed by atoms with Crippen LogP contribution in [0.1, 0.15) is 58.9 Å². The van der Waals surface area contributed by atoms with Crippen LogP contribution in [0.2, 0.25) is 0 Å². The van der Waals surface area contributed by atoms with E-state index in [-0.39, 0.29) is 0 Å². The number of pyridine rings is 1. The predicted molar refractivity (Wildman–Crippen MR) is 267 cm³/mol. The van der Waals surface area contributed by atoms with E-state index in [0.29, 0.717) is 26.2 Å². The third kappa shape index (κ3) is 14.9. The normalized spacial score (nSPS) is 14.8. The van der Waals surface area contributed by atoms with Gasteiger partial charge in [0.2, 0.25) is 5.52 Å². The van der Waals surface area contributed by atoms with Gasteiger partial charge < -0.3 is 35.1 Å². The van der Waals surface area contributed by atoms with Crippen LogP contribution in [-0.2, 0) is 6.54 Å². The van der Waals surface area contributed by atoms with Crippen LogP contribution >= 0.6 is 21.6 Å². The summed E-state index contributed by atoms with van der Waals surface area (Å²) < 4.78 is 2.31. The van der Waals surface area contributed by atoms with E-state index in [0.717, 1.165) is 107 Å². The molecule has 12 nitrogen and oxygen atoms in total. The number of nitrogens with zero attached hydrogens (tertiary/aromatic N) is 8. The number of para-hydroxylation sites is 2. The zero-order valence-corrected chi connectivity index (χ0v) is 39.3. The van der Waals surface area contributed by atoms with Gasteiger partial charge in [0.05, 0.1) is 46.9 Å². The first-order valence-corrected chi connectivity index (χ1v) is 25.0. The van der Waals surface area contributed by atoms with E-state index in [1.807, 2.05) is 92.1 Å². The highest BCUT2D eigenvalue weighted by Gasteiger charge is 2.19. The van der Waals surface area contributed by atoms with E-state index in [4.69, 9.17) is 0 Å². The maximum atomic E-state index is 9.93. The number of azo groups is 2. The van der Waals surface area contributed by atoms with E-state index in [9.17, 15) is 20.4 Å². The molecule has 340 valence electrons. The number of rotatable bonds is 25. The number of aryl methyl sites for hydroxylation is 1.